The number of hydrogen-bond donors (Lipinski definition) is 0. The zero-order valence-corrected chi connectivity index (χ0v) is 40.3. The molecule has 0 heteroatoms. The molecule has 10 aromatic carbocycles. The van der Waals surface area contributed by atoms with Crippen LogP contribution in [0.2, 0.25) is 0 Å². The van der Waals surface area contributed by atoms with Crippen molar-refractivity contribution in [1.82, 2.24) is 0 Å². The first-order chi connectivity index (χ1) is 32.7. The number of hydrogen-bond acceptors (Lipinski definition) is 0. The third-order valence-corrected chi connectivity index (χ3v) is 17.5. The van der Waals surface area contributed by atoms with Gasteiger partial charge in [-0.2, -0.15) is 0 Å². The zero-order chi connectivity index (χ0) is 46.2. The fourth-order valence-electron chi connectivity index (χ4n) is 13.8. The molecular weight excluding hydrogens is 817 g/mol. The van der Waals surface area contributed by atoms with Gasteiger partial charge in [0.15, 0.2) is 0 Å². The van der Waals surface area contributed by atoms with E-state index < -0.39 is 0 Å². The van der Waals surface area contributed by atoms with E-state index in [0.717, 1.165) is 0 Å². The van der Waals surface area contributed by atoms with Crippen LogP contribution in [0.15, 0.2) is 182 Å². The van der Waals surface area contributed by atoms with Crippen molar-refractivity contribution < 1.29 is 0 Å². The smallest absolute Gasteiger partial charge is 0.0159 e. The first-order valence-corrected chi connectivity index (χ1v) is 24.7. The van der Waals surface area contributed by atoms with Gasteiger partial charge in [-0.05, 0) is 180 Å². The lowest BCUT2D eigenvalue weighted by Gasteiger charge is -2.25. The van der Waals surface area contributed by atoms with E-state index in [9.17, 15) is 0 Å². The summed E-state index contributed by atoms with van der Waals surface area (Å²) in [6.07, 6.45) is 0. The lowest BCUT2D eigenvalue weighted by Crippen LogP contribution is -2.15. The third-order valence-electron chi connectivity index (χ3n) is 17.5. The molecule has 0 radical (unpaired) electrons. The van der Waals surface area contributed by atoms with Crippen molar-refractivity contribution in [2.24, 2.45) is 0 Å². The molecule has 0 saturated carbocycles. The zero-order valence-electron chi connectivity index (χ0n) is 40.3. The monoisotopic (exact) mass is 870 g/mol. The van der Waals surface area contributed by atoms with Gasteiger partial charge in [0.1, 0.15) is 0 Å². The highest BCUT2D eigenvalue weighted by Crippen LogP contribution is 2.57. The Morgan fingerprint density at radius 1 is 0.206 bits per heavy atom. The van der Waals surface area contributed by atoms with E-state index in [1.54, 1.807) is 0 Å². The van der Waals surface area contributed by atoms with E-state index in [-0.39, 0.29) is 21.7 Å². The van der Waals surface area contributed by atoms with Crippen LogP contribution in [0.4, 0.5) is 0 Å². The van der Waals surface area contributed by atoms with E-state index in [0.29, 0.717) is 0 Å². The van der Waals surface area contributed by atoms with Gasteiger partial charge in [0, 0.05) is 21.7 Å². The maximum atomic E-state index is 2.60. The molecule has 0 heterocycles. The minimum Gasteiger partial charge on any atom is -0.0619 e. The molecule has 0 atom stereocenters. The van der Waals surface area contributed by atoms with Crippen LogP contribution in [0.5, 0.6) is 0 Å². The highest BCUT2D eigenvalue weighted by molar-refractivity contribution is 6.23. The van der Waals surface area contributed by atoms with Crippen molar-refractivity contribution in [2.45, 2.75) is 77.0 Å². The molecule has 0 amide bonds. The molecule has 4 aliphatic carbocycles. The van der Waals surface area contributed by atoms with Crippen molar-refractivity contribution >= 4 is 21.5 Å². The fourth-order valence-corrected chi connectivity index (χ4v) is 13.8. The maximum Gasteiger partial charge on any atom is 0.0159 e. The Kier molecular flexibility index (Phi) is 7.76. The normalized spacial score (nSPS) is 16.4. The first kappa shape index (κ1) is 39.8. The van der Waals surface area contributed by atoms with E-state index in [2.05, 4.69) is 237 Å². The van der Waals surface area contributed by atoms with Crippen LogP contribution in [0.1, 0.15) is 99.9 Å². The molecule has 0 bridgehead atoms. The summed E-state index contributed by atoms with van der Waals surface area (Å²) in [6.45, 7) is 19.3. The summed E-state index contributed by atoms with van der Waals surface area (Å²) < 4.78 is 0. The SMILES string of the molecule is CC1(C)c2ccccc2-c2ccc(-c3ccc4c(c3)C(C)(C)c3cc5c(-c6ccc7c(c6)C(C)(C)c6ccccc6-7)c6ccccc6c(-c6ccc7c(c6)C(C)(C)c6ccccc6-7)c5cc3-4)cc21. The van der Waals surface area contributed by atoms with Gasteiger partial charge < -0.3 is 0 Å². The second kappa shape index (κ2) is 13.2. The van der Waals surface area contributed by atoms with Gasteiger partial charge in [-0.15, -0.1) is 0 Å². The number of rotatable bonds is 3. The Morgan fingerprint density at radius 3 is 0.897 bits per heavy atom. The van der Waals surface area contributed by atoms with Crippen LogP contribution >= 0.6 is 0 Å². The second-order valence-corrected chi connectivity index (χ2v) is 22.4. The van der Waals surface area contributed by atoms with Gasteiger partial charge in [0.2, 0.25) is 0 Å². The van der Waals surface area contributed by atoms with Gasteiger partial charge in [-0.3, -0.25) is 0 Å². The molecule has 0 unspecified atom stereocenters. The van der Waals surface area contributed by atoms with Crippen molar-refractivity contribution in [3.8, 4) is 77.9 Å². The Labute approximate surface area is 401 Å². The summed E-state index contributed by atoms with van der Waals surface area (Å²) in [5, 5.41) is 5.21. The highest BCUT2D eigenvalue weighted by atomic mass is 14.4. The van der Waals surface area contributed by atoms with Crippen molar-refractivity contribution in [2.75, 3.05) is 0 Å². The van der Waals surface area contributed by atoms with Gasteiger partial charge in [-0.25, -0.2) is 0 Å². The molecule has 326 valence electrons. The Balaban J connectivity index is 1.01. The molecule has 0 nitrogen and oxygen atoms in total. The summed E-state index contributed by atoms with van der Waals surface area (Å²) in [5.41, 5.74) is 29.3. The topological polar surface area (TPSA) is 0 Å². The Bertz CT molecular complexity index is 3900. The minimum absolute atomic E-state index is 0.0512. The van der Waals surface area contributed by atoms with Gasteiger partial charge >= 0.3 is 0 Å². The maximum absolute atomic E-state index is 2.60. The fraction of sp³-hybridized carbons (Fsp3) is 0.176. The minimum atomic E-state index is -0.227. The van der Waals surface area contributed by atoms with Crippen LogP contribution in [0.3, 0.4) is 0 Å². The third kappa shape index (κ3) is 5.06. The standard InChI is InChI=1S/C68H54/c1-65(2)55-22-14-11-17-43(55)46-29-25-39(33-58(46)65)40-26-30-49-52-37-53-54(38-62(52)68(7,8)59(49)34-40)64(42-28-32-48-45-19-13-16-24-57(45)67(5,6)61(48)36-42)51-21-10-9-20-50(51)63(53)41-27-31-47-44-18-12-15-23-56(44)66(3,4)60(47)35-41/h9-38H,1-8H3. The molecule has 4 aliphatic rings. The molecule has 0 N–H and O–H groups in total. The van der Waals surface area contributed by atoms with Gasteiger partial charge in [0.05, 0.1) is 0 Å². The van der Waals surface area contributed by atoms with Gasteiger partial charge in [0.25, 0.3) is 0 Å². The largest absolute Gasteiger partial charge is 0.0619 e. The van der Waals surface area contributed by atoms with Crippen molar-refractivity contribution in [1.29, 1.82) is 0 Å². The van der Waals surface area contributed by atoms with Crippen LogP contribution in [0, 0.1) is 0 Å². The van der Waals surface area contributed by atoms with Gasteiger partial charge in [-0.1, -0.05) is 201 Å². The van der Waals surface area contributed by atoms with Crippen LogP contribution in [0.25, 0.3) is 99.4 Å². The molecule has 0 saturated heterocycles. The molecule has 14 rings (SSSR count). The molecule has 0 aromatic heterocycles. The molecule has 0 spiro atoms. The van der Waals surface area contributed by atoms with Crippen molar-refractivity contribution in [3.63, 3.8) is 0 Å². The van der Waals surface area contributed by atoms with Crippen LogP contribution in [-0.4, -0.2) is 0 Å². The van der Waals surface area contributed by atoms with E-state index in [1.807, 2.05) is 0 Å². The average molecular weight is 871 g/mol. The average Bonchev–Trinajstić information content (AvgIpc) is 3.92. The van der Waals surface area contributed by atoms with E-state index in [1.165, 1.54) is 144 Å². The molecule has 10 aromatic rings. The summed E-state index contributed by atoms with van der Waals surface area (Å²) in [6, 6.07) is 70.5. The number of fused-ring (bicyclic) bond motifs is 14. The van der Waals surface area contributed by atoms with Crippen molar-refractivity contribution in [3.05, 3.63) is 226 Å². The summed E-state index contributed by atoms with van der Waals surface area (Å²) >= 11 is 0. The summed E-state index contributed by atoms with van der Waals surface area (Å²) in [4.78, 5) is 0. The summed E-state index contributed by atoms with van der Waals surface area (Å²) in [7, 11) is 0. The summed E-state index contributed by atoms with van der Waals surface area (Å²) in [5.74, 6) is 0. The van der Waals surface area contributed by atoms with E-state index >= 15 is 0 Å². The molecular formula is C68H54. The predicted octanol–water partition coefficient (Wildman–Crippen LogP) is 18.2. The van der Waals surface area contributed by atoms with Crippen LogP contribution < -0.4 is 0 Å². The quantitative estimate of drug-likeness (QED) is 0.155. The number of benzene rings is 10. The second-order valence-electron chi connectivity index (χ2n) is 22.4. The first-order valence-electron chi connectivity index (χ1n) is 24.7. The Hall–Kier alpha value is -7.28. The highest BCUT2D eigenvalue weighted by Gasteiger charge is 2.40. The molecule has 0 aliphatic heterocycles. The predicted molar refractivity (Wildman–Crippen MR) is 288 cm³/mol. The lowest BCUT2D eigenvalue weighted by atomic mass is 9.77. The molecule has 68 heavy (non-hydrogen) atoms. The van der Waals surface area contributed by atoms with Crippen LogP contribution in [-0.2, 0) is 21.7 Å². The Morgan fingerprint density at radius 2 is 0.485 bits per heavy atom. The molecule has 0 fully saturated rings. The lowest BCUT2D eigenvalue weighted by molar-refractivity contribution is 0.660. The van der Waals surface area contributed by atoms with E-state index in [4.69, 9.17) is 0 Å².